The topological polar surface area (TPSA) is 67.6 Å². The van der Waals surface area contributed by atoms with Crippen molar-refractivity contribution in [2.45, 2.75) is 17.9 Å². The van der Waals surface area contributed by atoms with E-state index >= 15 is 0 Å². The van der Waals surface area contributed by atoms with Crippen LogP contribution in [-0.2, 0) is 10.3 Å². The van der Waals surface area contributed by atoms with Crippen LogP contribution in [0.4, 0.5) is 5.69 Å². The summed E-state index contributed by atoms with van der Waals surface area (Å²) in [7, 11) is 0. The monoisotopic (exact) mass is 231 g/mol. The molecule has 0 radical (unpaired) electrons. The molecular weight excluding hydrogens is 222 g/mol. The van der Waals surface area contributed by atoms with E-state index in [-0.39, 0.29) is 11.1 Å². The summed E-state index contributed by atoms with van der Waals surface area (Å²) in [5, 5.41) is 14.7. The number of rotatable bonds is 1. The van der Waals surface area contributed by atoms with Crippen molar-refractivity contribution in [3.05, 3.63) is 52.4 Å². The summed E-state index contributed by atoms with van der Waals surface area (Å²) < 4.78 is 5.35. The van der Waals surface area contributed by atoms with Gasteiger partial charge >= 0.3 is 5.54 Å². The van der Waals surface area contributed by atoms with Crippen LogP contribution >= 0.6 is 0 Å². The van der Waals surface area contributed by atoms with Crippen molar-refractivity contribution in [2.24, 2.45) is 0 Å². The summed E-state index contributed by atoms with van der Waals surface area (Å²) in [6, 6.07) is 7.34. The first-order valence-corrected chi connectivity index (χ1v) is 5.36. The standard InChI is InChI=1S/C11H9N3O3/c15-14(16)11-7-3-1-2-4-8(7)12-9(11)13-5-6-17-10(11)13/h1-6,9-10,12H. The highest BCUT2D eigenvalue weighted by atomic mass is 16.6. The molecule has 0 saturated carbocycles. The van der Waals surface area contributed by atoms with Crippen LogP contribution in [0.25, 0.3) is 0 Å². The van der Waals surface area contributed by atoms with Gasteiger partial charge in [-0.3, -0.25) is 10.1 Å². The molecule has 1 fully saturated rings. The van der Waals surface area contributed by atoms with Gasteiger partial charge in [-0.25, -0.2) is 0 Å². The van der Waals surface area contributed by atoms with Crippen LogP contribution in [0.1, 0.15) is 5.56 Å². The fourth-order valence-electron chi connectivity index (χ4n) is 3.02. The van der Waals surface area contributed by atoms with Crippen molar-refractivity contribution in [1.82, 2.24) is 4.90 Å². The molecule has 1 N–H and O–H groups in total. The molecule has 6 nitrogen and oxygen atoms in total. The third-order valence-electron chi connectivity index (χ3n) is 3.76. The normalized spacial score (nSPS) is 35.2. The summed E-state index contributed by atoms with van der Waals surface area (Å²) in [5.74, 6) is 0. The molecule has 3 unspecified atom stereocenters. The van der Waals surface area contributed by atoms with Crippen LogP contribution in [0, 0.1) is 10.1 Å². The number of hydrogen-bond acceptors (Lipinski definition) is 5. The van der Waals surface area contributed by atoms with Crippen LogP contribution in [0.3, 0.4) is 0 Å². The minimum Gasteiger partial charge on any atom is -0.468 e. The van der Waals surface area contributed by atoms with Crippen molar-refractivity contribution in [1.29, 1.82) is 0 Å². The van der Waals surface area contributed by atoms with E-state index in [4.69, 9.17) is 4.74 Å². The van der Waals surface area contributed by atoms with Gasteiger partial charge in [0.05, 0.1) is 5.56 Å². The van der Waals surface area contributed by atoms with Crippen molar-refractivity contribution in [3.8, 4) is 0 Å². The molecule has 3 heterocycles. The molecule has 3 aliphatic heterocycles. The highest BCUT2D eigenvalue weighted by Crippen LogP contribution is 2.55. The lowest BCUT2D eigenvalue weighted by Crippen LogP contribution is -2.74. The Bertz CT molecular complexity index is 559. The Morgan fingerprint density at radius 3 is 3.12 bits per heavy atom. The first-order chi connectivity index (χ1) is 8.26. The lowest BCUT2D eigenvalue weighted by molar-refractivity contribution is -0.628. The van der Waals surface area contributed by atoms with Gasteiger partial charge in [0, 0.05) is 16.8 Å². The van der Waals surface area contributed by atoms with E-state index in [0.29, 0.717) is 5.56 Å². The highest BCUT2D eigenvalue weighted by molar-refractivity contribution is 5.63. The predicted molar refractivity (Wildman–Crippen MR) is 58.4 cm³/mol. The van der Waals surface area contributed by atoms with Crippen LogP contribution in [0.2, 0.25) is 0 Å². The Labute approximate surface area is 96.6 Å². The zero-order chi connectivity index (χ0) is 11.6. The van der Waals surface area contributed by atoms with E-state index in [0.717, 1.165) is 5.69 Å². The molecule has 17 heavy (non-hydrogen) atoms. The number of nitrogens with zero attached hydrogens (tertiary/aromatic N) is 2. The van der Waals surface area contributed by atoms with Gasteiger partial charge in [0.1, 0.15) is 6.26 Å². The first kappa shape index (κ1) is 8.86. The number of hydrogen-bond donors (Lipinski definition) is 1. The minimum absolute atomic E-state index is 0.231. The summed E-state index contributed by atoms with van der Waals surface area (Å²) >= 11 is 0. The molecule has 6 heteroatoms. The molecule has 3 aliphatic rings. The van der Waals surface area contributed by atoms with Crippen LogP contribution < -0.4 is 5.32 Å². The fourth-order valence-corrected chi connectivity index (χ4v) is 3.02. The lowest BCUT2D eigenvalue weighted by Gasteiger charge is -2.48. The lowest BCUT2D eigenvalue weighted by atomic mass is 9.80. The summed E-state index contributed by atoms with van der Waals surface area (Å²) in [4.78, 5) is 13.1. The van der Waals surface area contributed by atoms with Crippen LogP contribution in [0.15, 0.2) is 36.7 Å². The van der Waals surface area contributed by atoms with Gasteiger partial charge in [-0.2, -0.15) is 0 Å². The maximum absolute atomic E-state index is 11.5. The quantitative estimate of drug-likeness (QED) is 0.578. The van der Waals surface area contributed by atoms with Crippen molar-refractivity contribution in [2.75, 3.05) is 5.32 Å². The van der Waals surface area contributed by atoms with Gasteiger partial charge in [0.25, 0.3) is 6.23 Å². The van der Waals surface area contributed by atoms with E-state index in [1.54, 1.807) is 12.3 Å². The summed E-state index contributed by atoms with van der Waals surface area (Å²) in [5.41, 5.74) is 0.348. The first-order valence-electron chi connectivity index (χ1n) is 5.36. The molecular formula is C11H9N3O3. The van der Waals surface area contributed by atoms with Crippen molar-refractivity contribution in [3.63, 3.8) is 0 Å². The van der Waals surface area contributed by atoms with E-state index < -0.39 is 11.8 Å². The zero-order valence-electron chi connectivity index (χ0n) is 8.74. The third-order valence-corrected chi connectivity index (χ3v) is 3.76. The van der Waals surface area contributed by atoms with Gasteiger partial charge in [-0.15, -0.1) is 0 Å². The third kappa shape index (κ3) is 0.739. The average Bonchev–Trinajstić information content (AvgIpc) is 2.83. The maximum Gasteiger partial charge on any atom is 0.341 e. The molecule has 1 aromatic carbocycles. The molecule has 3 atom stereocenters. The van der Waals surface area contributed by atoms with Crippen molar-refractivity contribution < 1.29 is 9.66 Å². The van der Waals surface area contributed by atoms with Crippen molar-refractivity contribution >= 4 is 5.69 Å². The van der Waals surface area contributed by atoms with E-state index in [9.17, 15) is 10.1 Å². The minimum atomic E-state index is -1.18. The Kier molecular flexibility index (Phi) is 1.32. The van der Waals surface area contributed by atoms with Gasteiger partial charge in [0.2, 0.25) is 0 Å². The molecule has 0 spiro atoms. The molecule has 4 rings (SSSR count). The van der Waals surface area contributed by atoms with Crippen LogP contribution in [-0.4, -0.2) is 22.2 Å². The van der Waals surface area contributed by atoms with Crippen LogP contribution in [0.5, 0.6) is 0 Å². The number of nitrogens with one attached hydrogen (secondary N) is 1. The van der Waals surface area contributed by atoms with E-state index in [2.05, 4.69) is 5.32 Å². The maximum atomic E-state index is 11.5. The molecule has 0 aliphatic carbocycles. The second-order valence-corrected chi connectivity index (χ2v) is 4.40. The number of nitro groups is 1. The Morgan fingerprint density at radius 2 is 2.29 bits per heavy atom. The highest BCUT2D eigenvalue weighted by Gasteiger charge is 2.77. The molecule has 0 amide bonds. The number of fused-ring (bicyclic) bond motifs is 6. The molecule has 0 bridgehead atoms. The predicted octanol–water partition coefficient (Wildman–Crippen LogP) is 1.05. The number of anilines is 1. The second kappa shape index (κ2) is 2.53. The average molecular weight is 231 g/mol. The zero-order valence-corrected chi connectivity index (χ0v) is 8.74. The number of para-hydroxylation sites is 1. The van der Waals surface area contributed by atoms with Gasteiger partial charge < -0.3 is 15.0 Å². The molecule has 0 aromatic heterocycles. The smallest absolute Gasteiger partial charge is 0.341 e. The largest absolute Gasteiger partial charge is 0.468 e. The van der Waals surface area contributed by atoms with E-state index in [1.165, 1.54) is 6.26 Å². The Balaban J connectivity index is 1.94. The second-order valence-electron chi connectivity index (χ2n) is 4.40. The molecule has 1 saturated heterocycles. The molecule has 86 valence electrons. The van der Waals surface area contributed by atoms with Gasteiger partial charge in [-0.05, 0) is 12.1 Å². The molecule has 1 aromatic rings. The Hall–Kier alpha value is -2.24. The van der Waals surface area contributed by atoms with Gasteiger partial charge in [0.15, 0.2) is 6.17 Å². The fraction of sp³-hybridized carbons (Fsp3) is 0.273. The Morgan fingerprint density at radius 1 is 1.47 bits per heavy atom. The number of ether oxygens (including phenoxy) is 1. The summed E-state index contributed by atoms with van der Waals surface area (Å²) in [6.45, 7) is 0. The SMILES string of the molecule is O=[N+]([O-])C12c3ccccc3NC1N1C=COC12. The summed E-state index contributed by atoms with van der Waals surface area (Å²) in [6.07, 6.45) is 2.38. The van der Waals surface area contributed by atoms with Gasteiger partial charge in [-0.1, -0.05) is 12.1 Å². The van der Waals surface area contributed by atoms with E-state index in [1.807, 2.05) is 23.1 Å². The number of benzene rings is 1.